The third kappa shape index (κ3) is 7.98. The average molecular weight is 659 g/mol. The normalized spacial score (nSPS) is 28.1. The molecule has 12 nitrogen and oxygen atoms in total. The van der Waals surface area contributed by atoms with Crippen LogP contribution in [0.3, 0.4) is 0 Å². The third-order valence-corrected chi connectivity index (χ3v) is 9.43. The van der Waals surface area contributed by atoms with Crippen LogP contribution in [-0.2, 0) is 41.7 Å². The van der Waals surface area contributed by atoms with Gasteiger partial charge >= 0.3 is 18.2 Å². The quantitative estimate of drug-likeness (QED) is 0.360. The Morgan fingerprint density at radius 1 is 1.06 bits per heavy atom. The Hall–Kier alpha value is -3.90. The van der Waals surface area contributed by atoms with Gasteiger partial charge in [-0.1, -0.05) is 44.2 Å². The summed E-state index contributed by atoms with van der Waals surface area (Å²) >= 11 is 0. The zero-order chi connectivity index (χ0) is 33.9. The summed E-state index contributed by atoms with van der Waals surface area (Å²) in [5.41, 5.74) is -0.841. The molecule has 0 spiro atoms. The summed E-state index contributed by atoms with van der Waals surface area (Å²) in [5, 5.41) is 5.65. The first kappa shape index (κ1) is 34.4. The maximum Gasteiger partial charge on any atom is 0.410 e. The van der Waals surface area contributed by atoms with Gasteiger partial charge in [-0.3, -0.25) is 14.5 Å². The molecule has 2 saturated heterocycles. The lowest BCUT2D eigenvalue weighted by Crippen LogP contribution is -2.56. The number of esters is 1. The molecule has 3 heterocycles. The van der Waals surface area contributed by atoms with Gasteiger partial charge in [0.2, 0.25) is 11.8 Å². The van der Waals surface area contributed by atoms with Crippen LogP contribution in [0.2, 0.25) is 0 Å². The third-order valence-electron chi connectivity index (χ3n) is 9.43. The summed E-state index contributed by atoms with van der Waals surface area (Å²) in [6.45, 7) is 7.18. The zero-order valence-electron chi connectivity index (χ0n) is 27.8. The molecule has 258 valence electrons. The zero-order valence-corrected chi connectivity index (χ0v) is 27.8. The molecule has 1 saturated carbocycles. The molecular formula is C34H47FN4O8. The Kier molecular flexibility index (Phi) is 10.3. The van der Waals surface area contributed by atoms with Crippen molar-refractivity contribution >= 4 is 30.0 Å². The number of carbonyl (C=O) groups is 5. The van der Waals surface area contributed by atoms with Crippen LogP contribution in [0.5, 0.6) is 0 Å². The number of halogens is 1. The molecule has 3 fully saturated rings. The SMILES string of the molecule is CCOC(=O)[C@@]12C[C@H]1CCCCCCC[C@H](NC(=O)OC(C)(C)C)C(=O)N1C[C@H](OC(=O)N3Cc4cccc(F)c4C3)C[C@H]1C(=O)N2. The Morgan fingerprint density at radius 3 is 2.49 bits per heavy atom. The van der Waals surface area contributed by atoms with E-state index in [0.29, 0.717) is 30.4 Å². The van der Waals surface area contributed by atoms with Crippen molar-refractivity contribution in [1.82, 2.24) is 20.4 Å². The predicted octanol–water partition coefficient (Wildman–Crippen LogP) is 4.32. The second kappa shape index (κ2) is 14.1. The number of fused-ring (bicyclic) bond motifs is 3. The van der Waals surface area contributed by atoms with E-state index in [9.17, 15) is 28.4 Å². The van der Waals surface area contributed by atoms with Crippen LogP contribution in [0.25, 0.3) is 0 Å². The van der Waals surface area contributed by atoms with Crippen LogP contribution >= 0.6 is 0 Å². The maximum atomic E-state index is 14.3. The number of hydrogen-bond donors (Lipinski definition) is 2. The highest BCUT2D eigenvalue weighted by atomic mass is 19.1. The Bertz CT molecular complexity index is 1380. The molecule has 0 radical (unpaired) electrons. The number of nitrogens with zero attached hydrogens (tertiary/aromatic N) is 2. The Balaban J connectivity index is 1.38. The first-order valence-corrected chi connectivity index (χ1v) is 16.8. The number of benzene rings is 1. The number of carbonyl (C=O) groups excluding carboxylic acids is 5. The monoisotopic (exact) mass is 658 g/mol. The molecule has 0 bridgehead atoms. The van der Waals surface area contributed by atoms with Crippen molar-refractivity contribution in [3.63, 3.8) is 0 Å². The Morgan fingerprint density at radius 2 is 1.79 bits per heavy atom. The molecule has 0 unspecified atom stereocenters. The molecule has 5 rings (SSSR count). The molecule has 1 aliphatic carbocycles. The summed E-state index contributed by atoms with van der Waals surface area (Å²) in [6, 6.07) is 2.63. The smallest absolute Gasteiger partial charge is 0.410 e. The molecule has 4 amide bonds. The minimum Gasteiger partial charge on any atom is -0.464 e. The molecular weight excluding hydrogens is 611 g/mol. The van der Waals surface area contributed by atoms with Gasteiger partial charge in [0.25, 0.3) is 0 Å². The number of amides is 4. The lowest BCUT2D eigenvalue weighted by Gasteiger charge is -2.30. The van der Waals surface area contributed by atoms with E-state index in [1.165, 1.54) is 15.9 Å². The van der Waals surface area contributed by atoms with Gasteiger partial charge in [0.15, 0.2) is 0 Å². The molecule has 13 heteroatoms. The van der Waals surface area contributed by atoms with Crippen molar-refractivity contribution < 1.29 is 42.6 Å². The standard InChI is InChI=1S/C34H47FN4O8/c1-5-45-30(42)34-17-22(34)13-9-7-6-8-10-15-26(36-31(43)47-33(2,3)4)29(41)39-19-23(16-27(39)28(40)37-34)46-32(44)38-18-21-12-11-14-25(35)24(21)20-38/h11-12,14,22-23,26-27H,5-10,13,15-20H2,1-4H3,(H,36,43)(H,37,40)/t22-,23-,26+,27+,34-/m1/s1. The molecule has 4 aliphatic rings. The van der Waals surface area contributed by atoms with Crippen molar-refractivity contribution in [3.8, 4) is 0 Å². The van der Waals surface area contributed by atoms with Gasteiger partial charge < -0.3 is 29.7 Å². The summed E-state index contributed by atoms with van der Waals surface area (Å²) < 4.78 is 31.0. The van der Waals surface area contributed by atoms with Crippen LogP contribution in [0, 0.1) is 11.7 Å². The highest BCUT2D eigenvalue weighted by Crippen LogP contribution is 2.48. The van der Waals surface area contributed by atoms with E-state index in [-0.39, 0.29) is 38.6 Å². The van der Waals surface area contributed by atoms with Gasteiger partial charge in [-0.15, -0.1) is 0 Å². The van der Waals surface area contributed by atoms with Crippen LogP contribution in [0.4, 0.5) is 14.0 Å². The van der Waals surface area contributed by atoms with Crippen molar-refractivity contribution in [2.45, 2.75) is 128 Å². The molecule has 47 heavy (non-hydrogen) atoms. The van der Waals surface area contributed by atoms with Gasteiger partial charge in [0, 0.05) is 18.5 Å². The topological polar surface area (TPSA) is 144 Å². The lowest BCUT2D eigenvalue weighted by atomic mass is 10.0. The van der Waals surface area contributed by atoms with Crippen LogP contribution < -0.4 is 10.6 Å². The molecule has 5 atom stereocenters. The van der Waals surface area contributed by atoms with E-state index in [2.05, 4.69) is 10.6 Å². The predicted molar refractivity (Wildman–Crippen MR) is 167 cm³/mol. The molecule has 3 aliphatic heterocycles. The first-order valence-electron chi connectivity index (χ1n) is 16.8. The molecule has 2 N–H and O–H groups in total. The fraction of sp³-hybridized carbons (Fsp3) is 0.676. The van der Waals surface area contributed by atoms with E-state index < -0.39 is 65.1 Å². The van der Waals surface area contributed by atoms with E-state index in [1.807, 2.05) is 0 Å². The summed E-state index contributed by atoms with van der Waals surface area (Å²) in [7, 11) is 0. The van der Waals surface area contributed by atoms with Crippen molar-refractivity contribution in [1.29, 1.82) is 0 Å². The minimum atomic E-state index is -1.17. The first-order chi connectivity index (χ1) is 22.3. The van der Waals surface area contributed by atoms with Gasteiger partial charge in [0.05, 0.1) is 19.7 Å². The summed E-state index contributed by atoms with van der Waals surface area (Å²) in [5.74, 6) is -2.02. The van der Waals surface area contributed by atoms with Crippen molar-refractivity contribution in [2.24, 2.45) is 5.92 Å². The van der Waals surface area contributed by atoms with Gasteiger partial charge in [-0.25, -0.2) is 18.8 Å². The summed E-state index contributed by atoms with van der Waals surface area (Å²) in [6.07, 6.45) is 3.50. The van der Waals surface area contributed by atoms with E-state index >= 15 is 0 Å². The van der Waals surface area contributed by atoms with Crippen molar-refractivity contribution in [2.75, 3.05) is 13.2 Å². The van der Waals surface area contributed by atoms with E-state index in [1.54, 1.807) is 39.8 Å². The molecule has 1 aromatic carbocycles. The van der Waals surface area contributed by atoms with Gasteiger partial charge in [0.1, 0.15) is 35.1 Å². The number of nitrogens with one attached hydrogen (secondary N) is 2. The highest BCUT2D eigenvalue weighted by Gasteiger charge is 2.62. The van der Waals surface area contributed by atoms with Gasteiger partial charge in [-0.05, 0) is 64.5 Å². The van der Waals surface area contributed by atoms with E-state index in [0.717, 1.165) is 32.1 Å². The fourth-order valence-corrected chi connectivity index (χ4v) is 6.97. The van der Waals surface area contributed by atoms with Crippen molar-refractivity contribution in [3.05, 3.63) is 35.1 Å². The average Bonchev–Trinajstić information content (AvgIpc) is 3.31. The lowest BCUT2D eigenvalue weighted by molar-refractivity contribution is -0.150. The van der Waals surface area contributed by atoms with Crippen LogP contribution in [0.15, 0.2) is 18.2 Å². The number of ether oxygens (including phenoxy) is 3. The number of alkyl carbamates (subject to hydrolysis) is 1. The van der Waals surface area contributed by atoms with E-state index in [4.69, 9.17) is 14.2 Å². The molecule has 0 aromatic heterocycles. The molecule has 1 aromatic rings. The second-order valence-corrected chi connectivity index (χ2v) is 14.1. The number of hydrogen-bond acceptors (Lipinski definition) is 8. The minimum absolute atomic E-state index is 0.0127. The highest BCUT2D eigenvalue weighted by molar-refractivity contribution is 5.96. The fourth-order valence-electron chi connectivity index (χ4n) is 6.97. The second-order valence-electron chi connectivity index (χ2n) is 14.1. The maximum absolute atomic E-state index is 14.3. The Labute approximate surface area is 275 Å². The number of rotatable bonds is 4. The van der Waals surface area contributed by atoms with Gasteiger partial charge in [-0.2, -0.15) is 0 Å². The largest absolute Gasteiger partial charge is 0.464 e. The summed E-state index contributed by atoms with van der Waals surface area (Å²) in [4.78, 5) is 70.1. The van der Waals surface area contributed by atoms with Crippen LogP contribution in [-0.4, -0.2) is 82.2 Å². The van der Waals surface area contributed by atoms with Crippen LogP contribution in [0.1, 0.15) is 96.6 Å².